The van der Waals surface area contributed by atoms with Crippen LogP contribution in [0, 0.1) is 0 Å². The first-order valence-corrected chi connectivity index (χ1v) is 14.5. The van der Waals surface area contributed by atoms with E-state index in [1.54, 1.807) is 0 Å². The van der Waals surface area contributed by atoms with Crippen molar-refractivity contribution in [3.63, 3.8) is 0 Å². The first kappa shape index (κ1) is 22.7. The monoisotopic (exact) mass is 549 g/mol. The molecule has 5 nitrogen and oxygen atoms in total. The molecule has 5 aromatic carbocycles. The van der Waals surface area contributed by atoms with E-state index in [4.69, 9.17) is 9.97 Å². The summed E-state index contributed by atoms with van der Waals surface area (Å²) in [4.78, 5) is 9.43. The van der Waals surface area contributed by atoms with Crippen molar-refractivity contribution in [2.75, 3.05) is 0 Å². The highest BCUT2D eigenvalue weighted by molar-refractivity contribution is 6.22. The van der Waals surface area contributed by atoms with Gasteiger partial charge < -0.3 is 9.13 Å². The van der Waals surface area contributed by atoms with Gasteiger partial charge in [0.1, 0.15) is 5.52 Å². The normalized spacial score (nSPS) is 12.2. The van der Waals surface area contributed by atoms with Crippen molar-refractivity contribution >= 4 is 71.1 Å². The van der Waals surface area contributed by atoms with Gasteiger partial charge in [-0.3, -0.25) is 9.38 Å². The molecule has 0 N–H and O–H groups in total. The lowest BCUT2D eigenvalue weighted by molar-refractivity contribution is 1.16. The summed E-state index contributed by atoms with van der Waals surface area (Å²) in [7, 11) is 0. The van der Waals surface area contributed by atoms with Gasteiger partial charge in [-0.15, -0.1) is 0 Å². The molecule has 5 heterocycles. The average Bonchev–Trinajstić information content (AvgIpc) is 3.77. The number of nitrogens with zero attached hydrogens (tertiary/aromatic N) is 5. The number of rotatable bonds is 2. The van der Waals surface area contributed by atoms with Gasteiger partial charge in [-0.05, 0) is 60.7 Å². The molecule has 10 rings (SSSR count). The Balaban J connectivity index is 1.45. The van der Waals surface area contributed by atoms with Gasteiger partial charge in [-0.1, -0.05) is 60.7 Å². The summed E-state index contributed by atoms with van der Waals surface area (Å²) in [5.41, 5.74) is 9.94. The lowest BCUT2D eigenvalue weighted by atomic mass is 10.0. The van der Waals surface area contributed by atoms with E-state index in [1.807, 2.05) is 24.7 Å². The summed E-state index contributed by atoms with van der Waals surface area (Å²) >= 11 is 0. The minimum Gasteiger partial charge on any atom is -0.309 e. The molecule has 200 valence electrons. The fourth-order valence-corrected chi connectivity index (χ4v) is 7.11. The van der Waals surface area contributed by atoms with Crippen molar-refractivity contribution in [1.82, 2.24) is 23.5 Å². The molecule has 0 amide bonds. The molecule has 5 aromatic heterocycles. The number of benzene rings is 5. The maximum atomic E-state index is 4.74. The van der Waals surface area contributed by atoms with Gasteiger partial charge in [-0.2, -0.15) is 0 Å². The van der Waals surface area contributed by atoms with Crippen LogP contribution in [0.2, 0.25) is 0 Å². The molecule has 0 saturated carbocycles. The second kappa shape index (κ2) is 8.30. The molecule has 0 aliphatic heterocycles. The molecule has 0 spiro atoms. The Morgan fingerprint density at radius 3 is 1.77 bits per heavy atom. The van der Waals surface area contributed by atoms with Crippen molar-refractivity contribution < 1.29 is 0 Å². The minimum atomic E-state index is 0.877. The smallest absolute Gasteiger partial charge is 0.163 e. The number of para-hydroxylation sites is 3. The summed E-state index contributed by atoms with van der Waals surface area (Å²) < 4.78 is 6.98. The number of hydrogen-bond donors (Lipinski definition) is 0. The molecule has 0 aliphatic carbocycles. The summed E-state index contributed by atoms with van der Waals surface area (Å²) in [6, 6.07) is 43.7. The Labute approximate surface area is 245 Å². The predicted molar refractivity (Wildman–Crippen MR) is 177 cm³/mol. The third-order valence-electron chi connectivity index (χ3n) is 8.91. The van der Waals surface area contributed by atoms with Crippen LogP contribution in [0.25, 0.3) is 82.4 Å². The molecule has 0 fully saturated rings. The first-order chi connectivity index (χ1) is 21.3. The van der Waals surface area contributed by atoms with Gasteiger partial charge in [0.15, 0.2) is 5.65 Å². The molecule has 0 atom stereocenters. The Hall–Kier alpha value is -5.94. The summed E-state index contributed by atoms with van der Waals surface area (Å²) in [5.74, 6) is 0. The van der Waals surface area contributed by atoms with E-state index in [-0.39, 0.29) is 0 Å². The first-order valence-electron chi connectivity index (χ1n) is 14.5. The van der Waals surface area contributed by atoms with Crippen LogP contribution in [0.5, 0.6) is 0 Å². The number of imidazole rings is 1. The Morgan fingerprint density at radius 1 is 0.395 bits per heavy atom. The molecule has 0 radical (unpaired) electrons. The van der Waals surface area contributed by atoms with Crippen LogP contribution in [0.1, 0.15) is 0 Å². The molecule has 0 saturated heterocycles. The SMILES string of the molecule is c1ccc(-n2c3ccccc3c3cc4c5cc6c(cc5n(-c5ccccc5)c4cc32)c2cccnc2c2nccn62)cc1. The number of pyridine rings is 2. The van der Waals surface area contributed by atoms with Crippen LogP contribution in [0.3, 0.4) is 0 Å². The van der Waals surface area contributed by atoms with E-state index in [0.717, 1.165) is 38.8 Å². The lowest BCUT2D eigenvalue weighted by Crippen LogP contribution is -1.96. The quantitative estimate of drug-likeness (QED) is 0.202. The third kappa shape index (κ3) is 3.00. The largest absolute Gasteiger partial charge is 0.309 e. The second-order valence-electron chi connectivity index (χ2n) is 11.2. The van der Waals surface area contributed by atoms with Crippen LogP contribution in [-0.4, -0.2) is 23.5 Å². The maximum Gasteiger partial charge on any atom is 0.163 e. The highest BCUT2D eigenvalue weighted by Crippen LogP contribution is 2.41. The fraction of sp³-hybridized carbons (Fsp3) is 0. The molecule has 0 bridgehead atoms. The average molecular weight is 550 g/mol. The topological polar surface area (TPSA) is 40.0 Å². The highest BCUT2D eigenvalue weighted by Gasteiger charge is 2.20. The van der Waals surface area contributed by atoms with Crippen molar-refractivity contribution in [2.45, 2.75) is 0 Å². The van der Waals surface area contributed by atoms with Crippen molar-refractivity contribution in [2.24, 2.45) is 0 Å². The van der Waals surface area contributed by atoms with Crippen molar-refractivity contribution in [1.29, 1.82) is 0 Å². The standard InChI is InChI=1S/C38H23N5/c1-3-10-24(11-4-1)42-32-16-8-7-14-26(32)28-20-29-31-21-33-30(27-15-9-17-39-37(27)38-40-18-19-41(33)38)22-34(31)43(36(29)23-35(28)42)25-12-5-2-6-13-25/h1-23H. The minimum absolute atomic E-state index is 0.877. The van der Waals surface area contributed by atoms with Gasteiger partial charge in [0.2, 0.25) is 0 Å². The Kier molecular flexibility index (Phi) is 4.39. The van der Waals surface area contributed by atoms with Gasteiger partial charge in [0.25, 0.3) is 0 Å². The summed E-state index contributed by atoms with van der Waals surface area (Å²) in [5, 5.41) is 7.19. The van der Waals surface area contributed by atoms with Gasteiger partial charge in [0.05, 0.1) is 27.6 Å². The zero-order chi connectivity index (χ0) is 28.1. The third-order valence-corrected chi connectivity index (χ3v) is 8.91. The van der Waals surface area contributed by atoms with Crippen molar-refractivity contribution in [3.05, 3.63) is 140 Å². The van der Waals surface area contributed by atoms with E-state index in [0.29, 0.717) is 0 Å². The van der Waals surface area contributed by atoms with Crippen LogP contribution in [-0.2, 0) is 0 Å². The zero-order valence-electron chi connectivity index (χ0n) is 23.0. The lowest BCUT2D eigenvalue weighted by Gasteiger charge is -2.11. The Bertz CT molecular complexity index is 2710. The van der Waals surface area contributed by atoms with Gasteiger partial charge >= 0.3 is 0 Å². The van der Waals surface area contributed by atoms with Gasteiger partial charge in [0, 0.05) is 62.3 Å². The van der Waals surface area contributed by atoms with Crippen LogP contribution in [0.4, 0.5) is 0 Å². The number of fused-ring (bicyclic) bond motifs is 12. The van der Waals surface area contributed by atoms with Crippen LogP contribution < -0.4 is 0 Å². The molecule has 43 heavy (non-hydrogen) atoms. The number of hydrogen-bond acceptors (Lipinski definition) is 2. The maximum absolute atomic E-state index is 4.74. The van der Waals surface area contributed by atoms with Crippen molar-refractivity contribution in [3.8, 4) is 11.4 Å². The summed E-state index contributed by atoms with van der Waals surface area (Å²) in [6.45, 7) is 0. The second-order valence-corrected chi connectivity index (χ2v) is 11.2. The van der Waals surface area contributed by atoms with E-state index < -0.39 is 0 Å². The van der Waals surface area contributed by atoms with Gasteiger partial charge in [-0.25, -0.2) is 4.98 Å². The summed E-state index contributed by atoms with van der Waals surface area (Å²) in [6.07, 6.45) is 5.75. The Morgan fingerprint density at radius 2 is 0.977 bits per heavy atom. The van der Waals surface area contributed by atoms with Crippen LogP contribution in [0.15, 0.2) is 140 Å². The molecule has 10 aromatic rings. The molecule has 5 heteroatoms. The van der Waals surface area contributed by atoms with E-state index >= 15 is 0 Å². The molecular weight excluding hydrogens is 526 g/mol. The van der Waals surface area contributed by atoms with E-state index in [1.165, 1.54) is 43.6 Å². The zero-order valence-corrected chi connectivity index (χ0v) is 23.0. The molecule has 0 unspecified atom stereocenters. The van der Waals surface area contributed by atoms with Crippen LogP contribution >= 0.6 is 0 Å². The highest BCUT2D eigenvalue weighted by atomic mass is 15.0. The molecule has 0 aliphatic rings. The van der Waals surface area contributed by atoms with E-state index in [2.05, 4.69) is 129 Å². The fourth-order valence-electron chi connectivity index (χ4n) is 7.11. The van der Waals surface area contributed by atoms with E-state index in [9.17, 15) is 0 Å². The molecular formula is C38H23N5. The number of aromatic nitrogens is 5. The predicted octanol–water partition coefficient (Wildman–Crippen LogP) is 9.23.